The summed E-state index contributed by atoms with van der Waals surface area (Å²) in [4.78, 5) is 27.8. The normalized spacial score (nSPS) is 10.8. The molecule has 23 heavy (non-hydrogen) atoms. The van der Waals surface area contributed by atoms with Crippen LogP contribution in [0.3, 0.4) is 0 Å². The highest BCUT2D eigenvalue weighted by molar-refractivity contribution is 5.76. The summed E-state index contributed by atoms with van der Waals surface area (Å²) in [6.45, 7) is 0.862. The van der Waals surface area contributed by atoms with Crippen LogP contribution in [0.15, 0.2) is 57.9 Å². The zero-order valence-corrected chi connectivity index (χ0v) is 12.6. The standard InChI is InChI=1S/C17H17N3O3/c21-16(19-12-13-6-3-4-10-18-13)9-5-11-20-14-7-1-2-8-15(14)23-17(20)22/h1-4,6-8,10H,5,9,11-12H2,(H,19,21). The molecular weight excluding hydrogens is 294 g/mol. The minimum absolute atomic E-state index is 0.0588. The molecule has 0 aliphatic heterocycles. The summed E-state index contributed by atoms with van der Waals surface area (Å²) in [6.07, 6.45) is 2.61. The van der Waals surface area contributed by atoms with Crippen molar-refractivity contribution >= 4 is 17.0 Å². The van der Waals surface area contributed by atoms with Gasteiger partial charge in [-0.15, -0.1) is 0 Å². The average Bonchev–Trinajstić information content (AvgIpc) is 2.90. The average molecular weight is 311 g/mol. The second-order valence-electron chi connectivity index (χ2n) is 5.19. The molecule has 3 rings (SSSR count). The molecule has 0 fully saturated rings. The van der Waals surface area contributed by atoms with Crippen LogP contribution in [0.1, 0.15) is 18.5 Å². The van der Waals surface area contributed by atoms with Crippen LogP contribution in [-0.2, 0) is 17.9 Å². The summed E-state index contributed by atoms with van der Waals surface area (Å²) in [7, 11) is 0. The predicted octanol–water partition coefficient (Wildman–Crippen LogP) is 2.09. The largest absolute Gasteiger partial charge is 0.419 e. The molecule has 0 aliphatic rings. The van der Waals surface area contributed by atoms with Crippen molar-refractivity contribution in [1.82, 2.24) is 14.9 Å². The highest BCUT2D eigenvalue weighted by atomic mass is 16.4. The van der Waals surface area contributed by atoms with E-state index in [0.29, 0.717) is 31.5 Å². The van der Waals surface area contributed by atoms with E-state index in [-0.39, 0.29) is 11.7 Å². The summed E-state index contributed by atoms with van der Waals surface area (Å²) >= 11 is 0. The number of rotatable bonds is 6. The Kier molecular flexibility index (Phi) is 4.52. The van der Waals surface area contributed by atoms with Crippen LogP contribution in [0.5, 0.6) is 0 Å². The van der Waals surface area contributed by atoms with Crippen molar-refractivity contribution in [2.45, 2.75) is 25.9 Å². The third-order valence-corrected chi connectivity index (χ3v) is 3.55. The van der Waals surface area contributed by atoms with Crippen LogP contribution >= 0.6 is 0 Å². The van der Waals surface area contributed by atoms with Crippen LogP contribution < -0.4 is 11.1 Å². The Morgan fingerprint density at radius 1 is 1.17 bits per heavy atom. The number of benzene rings is 1. The minimum Gasteiger partial charge on any atom is -0.408 e. The Labute approximate surface area is 132 Å². The SMILES string of the molecule is O=C(CCCn1c(=O)oc2ccccc21)NCc1ccccn1. The fourth-order valence-electron chi connectivity index (χ4n) is 2.40. The Morgan fingerprint density at radius 3 is 2.83 bits per heavy atom. The maximum atomic E-state index is 11.8. The number of amides is 1. The molecular formula is C17H17N3O3. The molecule has 6 heteroatoms. The van der Waals surface area contributed by atoms with Gasteiger partial charge in [-0.2, -0.15) is 0 Å². The number of hydrogen-bond acceptors (Lipinski definition) is 4. The van der Waals surface area contributed by atoms with E-state index in [1.165, 1.54) is 0 Å². The van der Waals surface area contributed by atoms with Gasteiger partial charge in [0.25, 0.3) is 0 Å². The van der Waals surface area contributed by atoms with Crippen molar-refractivity contribution in [3.05, 3.63) is 64.9 Å². The molecule has 2 heterocycles. The first-order valence-corrected chi connectivity index (χ1v) is 7.49. The van der Waals surface area contributed by atoms with Crippen LogP contribution in [0.4, 0.5) is 0 Å². The molecule has 118 valence electrons. The predicted molar refractivity (Wildman–Crippen MR) is 85.8 cm³/mol. The Bertz CT molecular complexity index is 852. The van der Waals surface area contributed by atoms with E-state index in [0.717, 1.165) is 11.2 Å². The number of hydrogen-bond donors (Lipinski definition) is 1. The van der Waals surface area contributed by atoms with Crippen LogP contribution in [-0.4, -0.2) is 15.5 Å². The fourth-order valence-corrected chi connectivity index (χ4v) is 2.40. The van der Waals surface area contributed by atoms with E-state index in [4.69, 9.17) is 4.42 Å². The maximum absolute atomic E-state index is 11.8. The summed E-state index contributed by atoms with van der Waals surface area (Å²) < 4.78 is 6.72. The first-order valence-electron chi connectivity index (χ1n) is 7.49. The number of nitrogens with one attached hydrogen (secondary N) is 1. The number of aryl methyl sites for hydroxylation is 1. The zero-order chi connectivity index (χ0) is 16.1. The van der Waals surface area contributed by atoms with E-state index < -0.39 is 0 Å². The molecule has 1 amide bonds. The molecule has 6 nitrogen and oxygen atoms in total. The molecule has 1 aromatic carbocycles. The monoisotopic (exact) mass is 311 g/mol. The molecule has 0 radical (unpaired) electrons. The van der Waals surface area contributed by atoms with E-state index >= 15 is 0 Å². The second-order valence-corrected chi connectivity index (χ2v) is 5.19. The third-order valence-electron chi connectivity index (χ3n) is 3.55. The summed E-state index contributed by atoms with van der Waals surface area (Å²) in [5.41, 5.74) is 2.14. The van der Waals surface area contributed by atoms with E-state index in [1.54, 1.807) is 16.8 Å². The molecule has 1 N–H and O–H groups in total. The van der Waals surface area contributed by atoms with Gasteiger partial charge in [-0.05, 0) is 30.7 Å². The van der Waals surface area contributed by atoms with Gasteiger partial charge in [-0.25, -0.2) is 4.79 Å². The van der Waals surface area contributed by atoms with Crippen molar-refractivity contribution < 1.29 is 9.21 Å². The molecule has 3 aromatic rings. The molecule has 0 saturated carbocycles. The molecule has 0 aliphatic carbocycles. The Morgan fingerprint density at radius 2 is 2.00 bits per heavy atom. The highest BCUT2D eigenvalue weighted by Crippen LogP contribution is 2.12. The lowest BCUT2D eigenvalue weighted by atomic mass is 10.2. The lowest BCUT2D eigenvalue weighted by molar-refractivity contribution is -0.121. The lowest BCUT2D eigenvalue weighted by Gasteiger charge is -2.05. The second kappa shape index (κ2) is 6.91. The van der Waals surface area contributed by atoms with Crippen molar-refractivity contribution in [1.29, 1.82) is 0 Å². The number of carbonyl (C=O) groups is 1. The number of pyridine rings is 1. The number of para-hydroxylation sites is 2. The summed E-state index contributed by atoms with van der Waals surface area (Å²) in [5.74, 6) is -0.448. The quantitative estimate of drug-likeness (QED) is 0.756. The number of oxazole rings is 1. The summed E-state index contributed by atoms with van der Waals surface area (Å²) in [6, 6.07) is 12.8. The van der Waals surface area contributed by atoms with Gasteiger partial charge in [0, 0.05) is 19.2 Å². The van der Waals surface area contributed by atoms with Crippen LogP contribution in [0, 0.1) is 0 Å². The van der Waals surface area contributed by atoms with Gasteiger partial charge < -0.3 is 9.73 Å². The number of aromatic nitrogens is 2. The zero-order valence-electron chi connectivity index (χ0n) is 12.6. The maximum Gasteiger partial charge on any atom is 0.419 e. The molecule has 0 atom stereocenters. The first-order chi connectivity index (χ1) is 11.2. The molecule has 0 saturated heterocycles. The van der Waals surface area contributed by atoms with Crippen LogP contribution in [0.2, 0.25) is 0 Å². The van der Waals surface area contributed by atoms with Crippen molar-refractivity contribution in [2.24, 2.45) is 0 Å². The van der Waals surface area contributed by atoms with Crippen molar-refractivity contribution in [3.8, 4) is 0 Å². The van der Waals surface area contributed by atoms with E-state index in [2.05, 4.69) is 10.3 Å². The summed E-state index contributed by atoms with van der Waals surface area (Å²) in [5, 5.41) is 2.82. The van der Waals surface area contributed by atoms with Crippen LogP contribution in [0.25, 0.3) is 11.1 Å². The molecule has 2 aromatic heterocycles. The fraction of sp³-hybridized carbons (Fsp3) is 0.235. The van der Waals surface area contributed by atoms with Crippen molar-refractivity contribution in [3.63, 3.8) is 0 Å². The van der Waals surface area contributed by atoms with Gasteiger partial charge in [-0.1, -0.05) is 18.2 Å². The highest BCUT2D eigenvalue weighted by Gasteiger charge is 2.09. The smallest absolute Gasteiger partial charge is 0.408 e. The van der Waals surface area contributed by atoms with E-state index in [9.17, 15) is 9.59 Å². The van der Waals surface area contributed by atoms with Gasteiger partial charge in [0.2, 0.25) is 5.91 Å². The minimum atomic E-state index is -0.389. The topological polar surface area (TPSA) is 77.1 Å². The molecule has 0 spiro atoms. The van der Waals surface area contributed by atoms with Gasteiger partial charge in [0.05, 0.1) is 17.8 Å². The van der Waals surface area contributed by atoms with Gasteiger partial charge in [-0.3, -0.25) is 14.3 Å². The number of carbonyl (C=O) groups excluding carboxylic acids is 1. The van der Waals surface area contributed by atoms with Crippen molar-refractivity contribution in [2.75, 3.05) is 0 Å². The Hall–Kier alpha value is -2.89. The van der Waals surface area contributed by atoms with Gasteiger partial charge in [0.1, 0.15) is 0 Å². The Balaban J connectivity index is 1.51. The lowest BCUT2D eigenvalue weighted by Crippen LogP contribution is -2.24. The van der Waals surface area contributed by atoms with Gasteiger partial charge in [0.15, 0.2) is 5.58 Å². The molecule has 0 unspecified atom stereocenters. The van der Waals surface area contributed by atoms with Gasteiger partial charge >= 0.3 is 5.76 Å². The third kappa shape index (κ3) is 3.66. The number of nitrogens with zero attached hydrogens (tertiary/aromatic N) is 2. The molecule has 0 bridgehead atoms. The van der Waals surface area contributed by atoms with E-state index in [1.807, 2.05) is 36.4 Å². The number of fused-ring (bicyclic) bond motifs is 1. The first kappa shape index (κ1) is 15.0.